The maximum Gasteiger partial charge on any atom is 0.416 e. The highest BCUT2D eigenvalue weighted by Crippen LogP contribution is 2.40. The molecule has 3 heterocycles. The molecule has 2 aliphatic rings. The number of thiazole rings is 1. The summed E-state index contributed by atoms with van der Waals surface area (Å²) in [5.41, 5.74) is -2.28. The molecular formula is C26H23F6N5O2S. The SMILES string of the molecule is Oc1nc(NCCN2CCOCC2)sc1C(Cc1ccc(C(F)(F)F)cc1C(F)(F)F)=c1ccc2c(c1)C=NN=2. The van der Waals surface area contributed by atoms with E-state index in [1.54, 1.807) is 18.2 Å². The van der Waals surface area contributed by atoms with Crippen LogP contribution < -0.4 is 15.9 Å². The number of anilines is 1. The molecule has 2 aliphatic heterocycles. The van der Waals surface area contributed by atoms with Crippen LogP contribution in [0, 0.1) is 0 Å². The van der Waals surface area contributed by atoms with Gasteiger partial charge in [-0.05, 0) is 40.6 Å². The van der Waals surface area contributed by atoms with Crippen LogP contribution in [0.1, 0.15) is 27.1 Å². The lowest BCUT2D eigenvalue weighted by atomic mass is 9.94. The average Bonchev–Trinajstić information content (AvgIpc) is 3.52. The van der Waals surface area contributed by atoms with Gasteiger partial charge in [-0.3, -0.25) is 4.90 Å². The molecule has 1 aromatic heterocycles. The number of morpholine rings is 1. The number of hydrogen-bond donors (Lipinski definition) is 2. The molecule has 5 rings (SSSR count). The van der Waals surface area contributed by atoms with Crippen molar-refractivity contribution in [3.8, 4) is 5.88 Å². The van der Waals surface area contributed by atoms with Crippen LogP contribution in [0.2, 0.25) is 0 Å². The predicted molar refractivity (Wildman–Crippen MR) is 137 cm³/mol. The lowest BCUT2D eigenvalue weighted by Gasteiger charge is -2.26. The Kier molecular flexibility index (Phi) is 7.84. The molecule has 3 aromatic rings. The molecule has 0 saturated carbocycles. The van der Waals surface area contributed by atoms with Crippen LogP contribution in [0.3, 0.4) is 0 Å². The van der Waals surface area contributed by atoms with Crippen molar-refractivity contribution >= 4 is 28.3 Å². The summed E-state index contributed by atoms with van der Waals surface area (Å²) in [6, 6.07) is 6.49. The van der Waals surface area contributed by atoms with E-state index in [1.807, 2.05) is 0 Å². The first kappa shape index (κ1) is 28.1. The largest absolute Gasteiger partial charge is 0.492 e. The van der Waals surface area contributed by atoms with E-state index in [4.69, 9.17) is 4.74 Å². The summed E-state index contributed by atoms with van der Waals surface area (Å²) in [5.74, 6) is -0.395. The second-order valence-corrected chi connectivity index (χ2v) is 10.2. The molecule has 40 heavy (non-hydrogen) atoms. The van der Waals surface area contributed by atoms with Crippen LogP contribution in [0.5, 0.6) is 5.88 Å². The summed E-state index contributed by atoms with van der Waals surface area (Å²) in [6.45, 7) is 4.07. The molecule has 0 bridgehead atoms. The smallest absolute Gasteiger partial charge is 0.416 e. The van der Waals surface area contributed by atoms with E-state index in [0.29, 0.717) is 53.6 Å². The zero-order valence-electron chi connectivity index (χ0n) is 20.8. The quantitative estimate of drug-likeness (QED) is 0.411. The van der Waals surface area contributed by atoms with Gasteiger partial charge in [0.25, 0.3) is 0 Å². The molecule has 1 fully saturated rings. The molecule has 0 spiro atoms. The van der Waals surface area contributed by atoms with Gasteiger partial charge in [-0.2, -0.15) is 41.5 Å². The summed E-state index contributed by atoms with van der Waals surface area (Å²) < 4.78 is 86.9. The molecule has 0 atom stereocenters. The third kappa shape index (κ3) is 6.29. The zero-order chi connectivity index (χ0) is 28.5. The van der Waals surface area contributed by atoms with Crippen molar-refractivity contribution < 1.29 is 36.2 Å². The Balaban J connectivity index is 1.53. The second-order valence-electron chi connectivity index (χ2n) is 9.19. The minimum Gasteiger partial charge on any atom is -0.492 e. The molecule has 0 aliphatic carbocycles. The van der Waals surface area contributed by atoms with E-state index in [2.05, 4.69) is 25.4 Å². The van der Waals surface area contributed by atoms with Gasteiger partial charge in [0.05, 0.1) is 40.8 Å². The van der Waals surface area contributed by atoms with Crippen LogP contribution >= 0.6 is 11.3 Å². The predicted octanol–water partition coefficient (Wildman–Crippen LogP) is 4.04. The van der Waals surface area contributed by atoms with E-state index < -0.39 is 35.8 Å². The third-order valence-electron chi connectivity index (χ3n) is 6.54. The van der Waals surface area contributed by atoms with E-state index >= 15 is 0 Å². The molecule has 1 saturated heterocycles. The first-order chi connectivity index (χ1) is 19.0. The van der Waals surface area contributed by atoms with Gasteiger partial charge >= 0.3 is 12.4 Å². The number of hydrogen-bond acceptors (Lipinski definition) is 8. The van der Waals surface area contributed by atoms with Crippen molar-refractivity contribution in [2.75, 3.05) is 44.7 Å². The Morgan fingerprint density at radius 3 is 2.52 bits per heavy atom. The number of alkyl halides is 6. The third-order valence-corrected chi connectivity index (χ3v) is 7.60. The Hall–Kier alpha value is -3.49. The molecule has 0 amide bonds. The normalized spacial score (nSPS) is 16.6. The van der Waals surface area contributed by atoms with Crippen molar-refractivity contribution in [1.29, 1.82) is 0 Å². The number of nitrogens with zero attached hydrogens (tertiary/aromatic N) is 4. The number of aromatic hydroxyl groups is 1. The minimum atomic E-state index is -5.03. The Morgan fingerprint density at radius 1 is 1.02 bits per heavy atom. The lowest BCUT2D eigenvalue weighted by molar-refractivity contribution is -0.143. The fourth-order valence-electron chi connectivity index (χ4n) is 4.49. The molecule has 0 radical (unpaired) electrons. The Labute approximate surface area is 228 Å². The van der Waals surface area contributed by atoms with Gasteiger partial charge in [-0.15, -0.1) is 0 Å². The zero-order valence-corrected chi connectivity index (χ0v) is 21.6. The molecule has 7 nitrogen and oxygen atoms in total. The van der Waals surface area contributed by atoms with Crippen LogP contribution in [0.25, 0.3) is 5.57 Å². The fourth-order valence-corrected chi connectivity index (χ4v) is 5.44. The first-order valence-corrected chi connectivity index (χ1v) is 13.1. The number of aromatic nitrogens is 1. The average molecular weight is 584 g/mol. The van der Waals surface area contributed by atoms with Crippen molar-refractivity contribution in [1.82, 2.24) is 9.88 Å². The highest BCUT2D eigenvalue weighted by Gasteiger charge is 2.38. The monoisotopic (exact) mass is 583 g/mol. The summed E-state index contributed by atoms with van der Waals surface area (Å²) in [5, 5.41) is 23.1. The van der Waals surface area contributed by atoms with Crippen LogP contribution in [-0.2, 0) is 23.5 Å². The summed E-state index contributed by atoms with van der Waals surface area (Å²) in [4.78, 5) is 6.55. The Bertz CT molecular complexity index is 1540. The van der Waals surface area contributed by atoms with E-state index in [-0.39, 0.29) is 22.1 Å². The highest BCUT2D eigenvalue weighted by molar-refractivity contribution is 7.16. The van der Waals surface area contributed by atoms with Crippen molar-refractivity contribution in [3.63, 3.8) is 0 Å². The van der Waals surface area contributed by atoms with Gasteiger partial charge in [-0.1, -0.05) is 23.5 Å². The summed E-state index contributed by atoms with van der Waals surface area (Å²) >= 11 is 1.05. The number of rotatable bonds is 7. The maximum atomic E-state index is 13.9. The molecule has 212 valence electrons. The number of halogens is 6. The fraction of sp³-hybridized carbons (Fsp3) is 0.346. The minimum absolute atomic E-state index is 0.117. The van der Waals surface area contributed by atoms with Gasteiger partial charge in [0.15, 0.2) is 5.13 Å². The molecule has 14 heteroatoms. The highest BCUT2D eigenvalue weighted by atomic mass is 32.1. The Morgan fingerprint density at radius 2 is 1.80 bits per heavy atom. The van der Waals surface area contributed by atoms with Gasteiger partial charge < -0.3 is 15.2 Å². The summed E-state index contributed by atoms with van der Waals surface area (Å²) in [7, 11) is 0. The van der Waals surface area contributed by atoms with Gasteiger partial charge in [0.1, 0.15) is 0 Å². The number of nitrogens with one attached hydrogen (secondary N) is 1. The van der Waals surface area contributed by atoms with Crippen molar-refractivity contribution in [3.05, 3.63) is 74.1 Å². The molecule has 0 unspecified atom stereocenters. The second kappa shape index (κ2) is 11.2. The lowest BCUT2D eigenvalue weighted by Crippen LogP contribution is -2.38. The van der Waals surface area contributed by atoms with Gasteiger partial charge in [-0.25, -0.2) is 0 Å². The van der Waals surface area contributed by atoms with Crippen LogP contribution in [0.4, 0.5) is 31.5 Å². The van der Waals surface area contributed by atoms with E-state index in [1.165, 1.54) is 6.21 Å². The van der Waals surface area contributed by atoms with E-state index in [9.17, 15) is 31.4 Å². The first-order valence-electron chi connectivity index (χ1n) is 12.2. The van der Waals surface area contributed by atoms with Crippen molar-refractivity contribution in [2.45, 2.75) is 18.8 Å². The maximum absolute atomic E-state index is 13.9. The summed E-state index contributed by atoms with van der Waals surface area (Å²) in [6.07, 6.45) is -8.90. The topological polar surface area (TPSA) is 82.3 Å². The van der Waals surface area contributed by atoms with Gasteiger partial charge in [0, 0.05) is 38.2 Å². The van der Waals surface area contributed by atoms with Crippen LogP contribution in [0.15, 0.2) is 46.6 Å². The van der Waals surface area contributed by atoms with Crippen LogP contribution in [-0.4, -0.2) is 60.6 Å². The van der Waals surface area contributed by atoms with E-state index in [0.717, 1.165) is 30.5 Å². The number of ether oxygens (including phenoxy) is 1. The molecule has 2 N–H and O–H groups in total. The van der Waals surface area contributed by atoms with Gasteiger partial charge in [0.2, 0.25) is 5.88 Å². The molecular weight excluding hydrogens is 560 g/mol. The molecule has 2 aromatic carbocycles. The standard InChI is InChI=1S/C26H23F6N5O2S/c27-25(28,29)18-3-1-16(20(13-18)26(30,31)32)12-19(15-2-4-21-17(11-15)14-34-36-21)22-23(38)35-24(40-22)33-5-6-37-7-9-39-10-8-37/h1-4,11,13-14,38H,5-10,12H2,(H,33,35). The number of fused-ring (bicyclic) bond motifs is 1. The number of benzene rings is 2. The van der Waals surface area contributed by atoms with Crippen molar-refractivity contribution in [2.24, 2.45) is 10.2 Å².